The molecule has 0 saturated carbocycles. The first-order valence-corrected chi connectivity index (χ1v) is 5.65. The number of hydrogen-bond acceptors (Lipinski definition) is 5. The molecule has 0 fully saturated rings. The largest absolute Gasteiger partial charge is 0.497 e. The van der Waals surface area contributed by atoms with Crippen LogP contribution in [-0.2, 0) is 21.2 Å². The lowest BCUT2D eigenvalue weighted by atomic mass is 10.2. The topological polar surface area (TPSA) is 82.1 Å². The second kappa shape index (κ2) is 5.15. The van der Waals surface area contributed by atoms with E-state index in [2.05, 4.69) is 4.18 Å². The fraction of sp³-hybridized carbons (Fsp3) is 0.333. The van der Waals surface area contributed by atoms with Crippen LogP contribution in [0.2, 0.25) is 0 Å². The molecule has 7 heteroatoms. The van der Waals surface area contributed by atoms with Crippen molar-refractivity contribution in [1.82, 2.24) is 0 Å². The zero-order valence-corrected chi connectivity index (χ0v) is 9.65. The maximum Gasteiger partial charge on any atom is 0.397 e. The Kier molecular flexibility index (Phi) is 4.11. The fourth-order valence-corrected chi connectivity index (χ4v) is 1.38. The van der Waals surface area contributed by atoms with Crippen LogP contribution in [0.25, 0.3) is 0 Å². The minimum absolute atomic E-state index is 0.285. The second-order valence-corrected chi connectivity index (χ2v) is 4.00. The van der Waals surface area contributed by atoms with Gasteiger partial charge in [0.1, 0.15) is 11.5 Å². The second-order valence-electron chi connectivity index (χ2n) is 2.91. The van der Waals surface area contributed by atoms with E-state index in [1.54, 1.807) is 18.2 Å². The Morgan fingerprint density at radius 2 is 1.62 bits per heavy atom. The van der Waals surface area contributed by atoms with Crippen molar-refractivity contribution in [3.05, 3.63) is 23.8 Å². The maximum absolute atomic E-state index is 10.4. The van der Waals surface area contributed by atoms with Crippen LogP contribution in [0.4, 0.5) is 0 Å². The Morgan fingerprint density at radius 1 is 1.12 bits per heavy atom. The van der Waals surface area contributed by atoms with E-state index in [0.717, 1.165) is 0 Å². The Morgan fingerprint density at radius 3 is 2.00 bits per heavy atom. The average Bonchev–Trinajstić information content (AvgIpc) is 2.25. The Hall–Kier alpha value is -1.31. The molecule has 0 amide bonds. The maximum atomic E-state index is 10.4. The van der Waals surface area contributed by atoms with Crippen LogP contribution in [0.5, 0.6) is 11.5 Å². The van der Waals surface area contributed by atoms with Crippen molar-refractivity contribution in [2.75, 3.05) is 14.2 Å². The van der Waals surface area contributed by atoms with Crippen LogP contribution in [-0.4, -0.2) is 27.2 Å². The normalized spacial score (nSPS) is 11.2. The smallest absolute Gasteiger partial charge is 0.397 e. The summed E-state index contributed by atoms with van der Waals surface area (Å²) in [5.74, 6) is 1.02. The standard InChI is InChI=1S/C9H12O6S/c1-13-8-3-7(4-9(5-8)14-2)6-15-16(10,11)12/h3-5H,6H2,1-2H3,(H,10,11,12). The molecule has 0 aromatic heterocycles. The van der Waals surface area contributed by atoms with Crippen LogP contribution >= 0.6 is 0 Å². The quantitative estimate of drug-likeness (QED) is 0.783. The van der Waals surface area contributed by atoms with E-state index < -0.39 is 10.4 Å². The van der Waals surface area contributed by atoms with Crippen molar-refractivity contribution in [1.29, 1.82) is 0 Å². The number of benzene rings is 1. The van der Waals surface area contributed by atoms with Crippen LogP contribution in [0.15, 0.2) is 18.2 Å². The highest BCUT2D eigenvalue weighted by Gasteiger charge is 2.07. The van der Waals surface area contributed by atoms with Gasteiger partial charge in [0.15, 0.2) is 0 Å². The van der Waals surface area contributed by atoms with Crippen molar-refractivity contribution in [2.45, 2.75) is 6.61 Å². The van der Waals surface area contributed by atoms with E-state index in [1.165, 1.54) is 14.2 Å². The molecule has 1 aromatic carbocycles. The summed E-state index contributed by atoms with van der Waals surface area (Å²) >= 11 is 0. The highest BCUT2D eigenvalue weighted by atomic mass is 32.3. The summed E-state index contributed by atoms with van der Waals surface area (Å²) in [6.07, 6.45) is 0. The first-order valence-electron chi connectivity index (χ1n) is 4.28. The molecule has 0 radical (unpaired) electrons. The molecule has 1 aromatic rings. The summed E-state index contributed by atoms with van der Waals surface area (Å²) in [6, 6.07) is 4.79. The van der Waals surface area contributed by atoms with E-state index in [4.69, 9.17) is 14.0 Å². The monoisotopic (exact) mass is 248 g/mol. The molecule has 0 bridgehead atoms. The third kappa shape index (κ3) is 4.05. The van der Waals surface area contributed by atoms with E-state index >= 15 is 0 Å². The van der Waals surface area contributed by atoms with Crippen LogP contribution in [0, 0.1) is 0 Å². The highest BCUT2D eigenvalue weighted by molar-refractivity contribution is 7.80. The number of hydrogen-bond donors (Lipinski definition) is 1. The summed E-state index contributed by atoms with van der Waals surface area (Å²) < 4.78 is 43.4. The number of rotatable bonds is 5. The molecule has 0 aliphatic heterocycles. The van der Waals surface area contributed by atoms with Crippen LogP contribution in [0.3, 0.4) is 0 Å². The van der Waals surface area contributed by atoms with Gasteiger partial charge < -0.3 is 9.47 Å². The molecule has 0 unspecified atom stereocenters. The Bertz CT molecular complexity index is 431. The van der Waals surface area contributed by atoms with Gasteiger partial charge in [-0.2, -0.15) is 8.42 Å². The predicted molar refractivity (Wildman–Crippen MR) is 55.9 cm³/mol. The first kappa shape index (κ1) is 12.8. The summed E-state index contributed by atoms with van der Waals surface area (Å²) in [5.41, 5.74) is 0.508. The number of ether oxygens (including phenoxy) is 2. The van der Waals surface area contributed by atoms with Gasteiger partial charge in [0.2, 0.25) is 0 Å². The van der Waals surface area contributed by atoms with Gasteiger partial charge in [-0.15, -0.1) is 0 Å². The molecule has 6 nitrogen and oxygen atoms in total. The van der Waals surface area contributed by atoms with Gasteiger partial charge in [0.25, 0.3) is 0 Å². The van der Waals surface area contributed by atoms with Crippen molar-refractivity contribution in [3.63, 3.8) is 0 Å². The molecular weight excluding hydrogens is 236 g/mol. The fourth-order valence-electron chi connectivity index (χ4n) is 1.09. The van der Waals surface area contributed by atoms with Gasteiger partial charge in [-0.1, -0.05) is 0 Å². The lowest BCUT2D eigenvalue weighted by Gasteiger charge is -2.07. The van der Waals surface area contributed by atoms with Crippen LogP contribution < -0.4 is 9.47 Å². The van der Waals surface area contributed by atoms with Gasteiger partial charge in [-0.05, 0) is 17.7 Å². The SMILES string of the molecule is COc1cc(COS(=O)(=O)O)cc(OC)c1. The molecule has 0 saturated heterocycles. The molecule has 0 atom stereocenters. The van der Waals surface area contributed by atoms with Crippen molar-refractivity contribution in [3.8, 4) is 11.5 Å². The summed E-state index contributed by atoms with van der Waals surface area (Å²) in [5, 5.41) is 0. The molecule has 0 heterocycles. The van der Waals surface area contributed by atoms with Gasteiger partial charge >= 0.3 is 10.4 Å². The average molecular weight is 248 g/mol. The van der Waals surface area contributed by atoms with E-state index in [0.29, 0.717) is 17.1 Å². The van der Waals surface area contributed by atoms with Crippen molar-refractivity contribution in [2.24, 2.45) is 0 Å². The lowest BCUT2D eigenvalue weighted by Crippen LogP contribution is -2.03. The summed E-state index contributed by atoms with van der Waals surface area (Å²) in [4.78, 5) is 0. The van der Waals surface area contributed by atoms with Crippen molar-refractivity contribution >= 4 is 10.4 Å². The van der Waals surface area contributed by atoms with Gasteiger partial charge in [-0.25, -0.2) is 4.18 Å². The van der Waals surface area contributed by atoms with Gasteiger partial charge in [0, 0.05) is 6.07 Å². The molecule has 16 heavy (non-hydrogen) atoms. The zero-order chi connectivity index (χ0) is 12.2. The molecule has 0 spiro atoms. The minimum atomic E-state index is -4.44. The Balaban J connectivity index is 2.87. The van der Waals surface area contributed by atoms with Crippen LogP contribution in [0.1, 0.15) is 5.56 Å². The zero-order valence-electron chi connectivity index (χ0n) is 8.84. The van der Waals surface area contributed by atoms with E-state index in [-0.39, 0.29) is 6.61 Å². The Labute approximate surface area is 93.7 Å². The molecule has 0 aliphatic rings. The molecule has 1 N–H and O–H groups in total. The van der Waals surface area contributed by atoms with Gasteiger partial charge in [-0.3, -0.25) is 4.55 Å². The van der Waals surface area contributed by atoms with Gasteiger partial charge in [0.05, 0.1) is 20.8 Å². The molecule has 90 valence electrons. The number of methoxy groups -OCH3 is 2. The van der Waals surface area contributed by atoms with E-state index in [9.17, 15) is 8.42 Å². The van der Waals surface area contributed by atoms with E-state index in [1.807, 2.05) is 0 Å². The highest BCUT2D eigenvalue weighted by Crippen LogP contribution is 2.23. The third-order valence-electron chi connectivity index (χ3n) is 1.79. The molecule has 1 rings (SSSR count). The predicted octanol–water partition coefficient (Wildman–Crippen LogP) is 1.02. The summed E-state index contributed by atoms with van der Waals surface area (Å²) in [7, 11) is -1.49. The summed E-state index contributed by atoms with van der Waals surface area (Å²) in [6.45, 7) is -0.285. The minimum Gasteiger partial charge on any atom is -0.497 e. The first-order chi connectivity index (χ1) is 7.44. The lowest BCUT2D eigenvalue weighted by molar-refractivity contribution is 0.258. The third-order valence-corrected chi connectivity index (χ3v) is 2.20. The molecular formula is C9H12O6S. The molecule has 0 aliphatic carbocycles. The van der Waals surface area contributed by atoms with Crippen molar-refractivity contribution < 1.29 is 26.6 Å².